The molecule has 1 N–H and O–H groups in total. The van der Waals surface area contributed by atoms with Crippen molar-refractivity contribution >= 4 is 44.9 Å². The molecular weight excluding hydrogens is 424 g/mol. The Kier molecular flexibility index (Phi) is 6.88. The molecule has 158 valence electrons. The second kappa shape index (κ2) is 9.40. The van der Waals surface area contributed by atoms with Crippen LogP contribution in [0.4, 0.5) is 5.69 Å². The fraction of sp³-hybridized carbons (Fsp3) is 0.350. The Morgan fingerprint density at radius 1 is 1.37 bits per heavy atom. The summed E-state index contributed by atoms with van der Waals surface area (Å²) in [6, 6.07) is 6.29. The van der Waals surface area contributed by atoms with E-state index in [9.17, 15) is 19.7 Å². The number of rotatable bonds is 8. The van der Waals surface area contributed by atoms with Gasteiger partial charge in [0.15, 0.2) is 0 Å². The Bertz CT molecular complexity index is 1140. The van der Waals surface area contributed by atoms with Crippen LogP contribution in [0.2, 0.25) is 0 Å². The van der Waals surface area contributed by atoms with E-state index in [0.717, 1.165) is 12.2 Å². The number of hydrogen-bond acceptors (Lipinski definition) is 7. The molecule has 1 amide bonds. The van der Waals surface area contributed by atoms with E-state index in [4.69, 9.17) is 0 Å². The van der Waals surface area contributed by atoms with Crippen LogP contribution in [0.15, 0.2) is 39.3 Å². The molecule has 0 bridgehead atoms. The smallest absolute Gasteiger partial charge is 0.283 e. The molecule has 0 saturated heterocycles. The van der Waals surface area contributed by atoms with Gasteiger partial charge in [-0.3, -0.25) is 19.7 Å². The summed E-state index contributed by atoms with van der Waals surface area (Å²) in [5.74, 6) is 1.26. The van der Waals surface area contributed by atoms with Gasteiger partial charge in [0.25, 0.3) is 17.2 Å². The van der Waals surface area contributed by atoms with E-state index in [1.807, 2.05) is 0 Å². The van der Waals surface area contributed by atoms with Gasteiger partial charge in [-0.2, -0.15) is 0 Å². The normalized spacial score (nSPS) is 11.2. The number of amides is 1. The van der Waals surface area contributed by atoms with Gasteiger partial charge in [-0.05, 0) is 41.7 Å². The van der Waals surface area contributed by atoms with Crippen LogP contribution in [-0.4, -0.2) is 38.5 Å². The third-order valence-electron chi connectivity index (χ3n) is 4.45. The summed E-state index contributed by atoms with van der Waals surface area (Å²) >= 11 is 2.73. The molecule has 3 rings (SSSR count). The number of nitrogens with one attached hydrogen (secondary N) is 1. The highest BCUT2D eigenvalue weighted by Crippen LogP contribution is 2.31. The molecule has 0 aliphatic carbocycles. The summed E-state index contributed by atoms with van der Waals surface area (Å²) in [6.45, 7) is 4.29. The molecule has 1 aromatic carbocycles. The summed E-state index contributed by atoms with van der Waals surface area (Å²) < 4.78 is 0.536. The van der Waals surface area contributed by atoms with Gasteiger partial charge in [-0.15, -0.1) is 23.1 Å². The number of carbonyl (C=O) groups is 1. The average Bonchev–Trinajstić information content (AvgIpc) is 3.16. The van der Waals surface area contributed by atoms with Gasteiger partial charge >= 0.3 is 0 Å². The van der Waals surface area contributed by atoms with E-state index < -0.39 is 4.92 Å². The standard InChI is InChI=1S/C20H22N4O4S2/c1-12(2)6-8-29-16-5-4-13(10-15(16)24(27)28)20(26)23(3)11-17-21-14-7-9-30-18(14)19(25)22-17/h4-5,7,9-10,12H,6,8,11H2,1-3H3,(H,21,22,25). The third-order valence-corrected chi connectivity index (χ3v) is 6.45. The fourth-order valence-corrected chi connectivity index (χ4v) is 4.81. The highest BCUT2D eigenvalue weighted by molar-refractivity contribution is 7.99. The zero-order valence-electron chi connectivity index (χ0n) is 16.9. The minimum absolute atomic E-state index is 0.0748. The topological polar surface area (TPSA) is 109 Å². The summed E-state index contributed by atoms with van der Waals surface area (Å²) in [7, 11) is 1.57. The number of carbonyl (C=O) groups excluding carboxylic acids is 1. The number of fused-ring (bicyclic) bond motifs is 1. The fourth-order valence-electron chi connectivity index (χ4n) is 2.83. The predicted molar refractivity (Wildman–Crippen MR) is 119 cm³/mol. The van der Waals surface area contributed by atoms with Crippen LogP contribution in [0.5, 0.6) is 0 Å². The molecule has 0 saturated carbocycles. The number of thiophene rings is 1. The van der Waals surface area contributed by atoms with Crippen molar-refractivity contribution in [3.05, 3.63) is 61.5 Å². The Morgan fingerprint density at radius 3 is 2.83 bits per heavy atom. The van der Waals surface area contributed by atoms with Gasteiger partial charge < -0.3 is 9.88 Å². The Balaban J connectivity index is 1.78. The van der Waals surface area contributed by atoms with Crippen molar-refractivity contribution in [2.75, 3.05) is 12.8 Å². The Labute approximate surface area is 181 Å². The van der Waals surface area contributed by atoms with Gasteiger partial charge in [-0.25, -0.2) is 4.98 Å². The Hall–Kier alpha value is -2.72. The zero-order valence-corrected chi connectivity index (χ0v) is 18.5. The number of thioether (sulfide) groups is 1. The van der Waals surface area contributed by atoms with Gasteiger partial charge in [-0.1, -0.05) is 13.8 Å². The number of nitro groups is 1. The second-order valence-corrected chi connectivity index (χ2v) is 9.33. The van der Waals surface area contributed by atoms with Crippen molar-refractivity contribution in [1.82, 2.24) is 14.9 Å². The molecule has 0 atom stereocenters. The number of nitrogens with zero attached hydrogens (tertiary/aromatic N) is 3. The van der Waals surface area contributed by atoms with Crippen LogP contribution in [0.25, 0.3) is 10.2 Å². The van der Waals surface area contributed by atoms with Gasteiger partial charge in [0.1, 0.15) is 10.5 Å². The van der Waals surface area contributed by atoms with Crippen LogP contribution in [0.1, 0.15) is 36.5 Å². The first-order valence-electron chi connectivity index (χ1n) is 9.39. The monoisotopic (exact) mass is 446 g/mol. The zero-order chi connectivity index (χ0) is 21.8. The van der Waals surface area contributed by atoms with Gasteiger partial charge in [0.2, 0.25) is 0 Å². The van der Waals surface area contributed by atoms with E-state index in [1.54, 1.807) is 30.6 Å². The maximum absolute atomic E-state index is 12.8. The number of nitro benzene ring substituents is 1. The summed E-state index contributed by atoms with van der Waals surface area (Å²) in [4.78, 5) is 44.9. The molecule has 30 heavy (non-hydrogen) atoms. The number of aromatic amines is 1. The highest BCUT2D eigenvalue weighted by atomic mass is 32.2. The number of benzene rings is 1. The minimum atomic E-state index is -0.460. The molecule has 0 spiro atoms. The SMILES string of the molecule is CC(C)CCSc1ccc(C(=O)N(C)Cc2nc3ccsc3c(=O)[nH]2)cc1[N+](=O)[O-]. The summed E-state index contributed by atoms with van der Waals surface area (Å²) in [5.41, 5.74) is 0.480. The molecule has 0 radical (unpaired) electrons. The van der Waals surface area contributed by atoms with Crippen molar-refractivity contribution in [3.63, 3.8) is 0 Å². The van der Waals surface area contributed by atoms with Crippen molar-refractivity contribution in [2.45, 2.75) is 31.7 Å². The second-order valence-electron chi connectivity index (χ2n) is 7.28. The molecule has 0 aliphatic heterocycles. The number of H-pyrrole nitrogens is 1. The molecule has 0 unspecified atom stereocenters. The van der Waals surface area contributed by atoms with E-state index in [2.05, 4.69) is 23.8 Å². The molecule has 8 nitrogen and oxygen atoms in total. The molecular formula is C20H22N4O4S2. The molecule has 2 aromatic heterocycles. The van der Waals surface area contributed by atoms with Gasteiger partial charge in [0.05, 0.1) is 21.9 Å². The van der Waals surface area contributed by atoms with Gasteiger partial charge in [0, 0.05) is 18.7 Å². The third kappa shape index (κ3) is 5.06. The number of aromatic nitrogens is 2. The lowest BCUT2D eigenvalue weighted by Crippen LogP contribution is -2.28. The van der Waals surface area contributed by atoms with Crippen LogP contribution < -0.4 is 5.56 Å². The maximum atomic E-state index is 12.8. The molecule has 2 heterocycles. The maximum Gasteiger partial charge on any atom is 0.283 e. The first kappa shape index (κ1) is 22.0. The van der Waals surface area contributed by atoms with Crippen molar-refractivity contribution in [1.29, 1.82) is 0 Å². The van der Waals surface area contributed by atoms with Crippen LogP contribution in [0, 0.1) is 16.0 Å². The van der Waals surface area contributed by atoms with Crippen LogP contribution >= 0.6 is 23.1 Å². The minimum Gasteiger partial charge on any atom is -0.334 e. The summed E-state index contributed by atoms with van der Waals surface area (Å²) in [5, 5.41) is 13.3. The Morgan fingerprint density at radius 2 is 2.13 bits per heavy atom. The quantitative estimate of drug-likeness (QED) is 0.314. The van der Waals surface area contributed by atoms with Crippen LogP contribution in [-0.2, 0) is 6.54 Å². The van der Waals surface area contributed by atoms with Crippen LogP contribution in [0.3, 0.4) is 0 Å². The van der Waals surface area contributed by atoms with Crippen molar-refractivity contribution in [3.8, 4) is 0 Å². The van der Waals surface area contributed by atoms with Crippen molar-refractivity contribution in [2.24, 2.45) is 5.92 Å². The lowest BCUT2D eigenvalue weighted by Gasteiger charge is -2.17. The molecule has 0 aliphatic rings. The molecule has 10 heteroatoms. The lowest BCUT2D eigenvalue weighted by atomic mass is 10.1. The first-order chi connectivity index (χ1) is 14.3. The first-order valence-corrected chi connectivity index (χ1v) is 11.3. The lowest BCUT2D eigenvalue weighted by molar-refractivity contribution is -0.387. The predicted octanol–water partition coefficient (Wildman–Crippen LogP) is 4.30. The highest BCUT2D eigenvalue weighted by Gasteiger charge is 2.20. The van der Waals surface area contributed by atoms with E-state index in [0.29, 0.717) is 26.9 Å². The molecule has 0 fully saturated rings. The van der Waals surface area contributed by atoms with E-state index in [1.165, 1.54) is 34.1 Å². The number of hydrogen-bond donors (Lipinski definition) is 1. The van der Waals surface area contributed by atoms with Crippen molar-refractivity contribution < 1.29 is 9.72 Å². The van der Waals surface area contributed by atoms with E-state index >= 15 is 0 Å². The van der Waals surface area contributed by atoms with E-state index in [-0.39, 0.29) is 29.3 Å². The average molecular weight is 447 g/mol. The largest absolute Gasteiger partial charge is 0.334 e. The summed E-state index contributed by atoms with van der Waals surface area (Å²) in [6.07, 6.45) is 0.949. The molecule has 3 aromatic rings.